The Morgan fingerprint density at radius 2 is 0.739 bits per heavy atom. The topological polar surface area (TPSA) is 26.0 Å². The van der Waals surface area contributed by atoms with Crippen LogP contribution in [-0.4, -0.2) is 5.54 Å². The summed E-state index contributed by atoms with van der Waals surface area (Å²) in [6.45, 7) is 0. The summed E-state index contributed by atoms with van der Waals surface area (Å²) in [7, 11) is 0. The van der Waals surface area contributed by atoms with Crippen molar-refractivity contribution in [3.63, 3.8) is 0 Å². The van der Waals surface area contributed by atoms with Crippen molar-refractivity contribution >= 4 is 0 Å². The predicted octanol–water partition coefficient (Wildman–Crippen LogP) is 6.60. The normalized spacial score (nSPS) is 26.5. The summed E-state index contributed by atoms with van der Waals surface area (Å²) in [5.74, 6) is 2.84. The van der Waals surface area contributed by atoms with Gasteiger partial charge in [0.1, 0.15) is 0 Å². The molecular formula is C22H41N. The molecule has 0 aromatic heterocycles. The van der Waals surface area contributed by atoms with Crippen molar-refractivity contribution in [3.05, 3.63) is 0 Å². The van der Waals surface area contributed by atoms with Crippen molar-refractivity contribution in [3.8, 4) is 0 Å². The molecule has 0 aromatic rings. The quantitative estimate of drug-likeness (QED) is 0.586. The van der Waals surface area contributed by atoms with E-state index < -0.39 is 0 Å². The van der Waals surface area contributed by atoms with E-state index in [4.69, 9.17) is 5.73 Å². The first-order chi connectivity index (χ1) is 11.2. The third kappa shape index (κ3) is 5.76. The zero-order valence-corrected chi connectivity index (χ0v) is 15.5. The van der Waals surface area contributed by atoms with Gasteiger partial charge in [0, 0.05) is 5.54 Å². The zero-order chi connectivity index (χ0) is 16.0. The van der Waals surface area contributed by atoms with Gasteiger partial charge in [-0.05, 0) is 37.0 Å². The molecule has 3 saturated carbocycles. The van der Waals surface area contributed by atoms with Gasteiger partial charge in [0.2, 0.25) is 0 Å². The Bertz CT molecular complexity index is 269. The molecule has 0 saturated heterocycles. The minimum Gasteiger partial charge on any atom is -0.325 e. The second kappa shape index (κ2) is 8.88. The van der Waals surface area contributed by atoms with Crippen LogP contribution in [0.3, 0.4) is 0 Å². The fourth-order valence-electron chi connectivity index (χ4n) is 6.15. The molecule has 1 heteroatoms. The van der Waals surface area contributed by atoms with Crippen molar-refractivity contribution in [1.82, 2.24) is 0 Å². The average molecular weight is 320 g/mol. The molecule has 2 N–H and O–H groups in total. The summed E-state index contributed by atoms with van der Waals surface area (Å²) in [6.07, 6.45) is 26.1. The van der Waals surface area contributed by atoms with Gasteiger partial charge in [-0.3, -0.25) is 0 Å². The molecule has 0 bridgehead atoms. The van der Waals surface area contributed by atoms with Crippen molar-refractivity contribution < 1.29 is 0 Å². The Hall–Kier alpha value is -0.0400. The van der Waals surface area contributed by atoms with Crippen LogP contribution in [0.1, 0.15) is 116 Å². The van der Waals surface area contributed by atoms with Gasteiger partial charge < -0.3 is 5.73 Å². The average Bonchev–Trinajstić information content (AvgIpc) is 2.57. The Morgan fingerprint density at radius 3 is 1.00 bits per heavy atom. The van der Waals surface area contributed by atoms with Crippen LogP contribution in [0.4, 0.5) is 0 Å². The van der Waals surface area contributed by atoms with E-state index in [2.05, 4.69) is 0 Å². The molecule has 0 amide bonds. The van der Waals surface area contributed by atoms with Crippen molar-refractivity contribution in [2.24, 2.45) is 23.5 Å². The van der Waals surface area contributed by atoms with E-state index >= 15 is 0 Å². The Morgan fingerprint density at radius 1 is 0.478 bits per heavy atom. The lowest BCUT2D eigenvalue weighted by molar-refractivity contribution is 0.157. The standard InChI is InChI=1S/C22H41N/c23-22(16-19-10-4-1-5-11-19,17-20-12-6-2-7-13-20)18-21-14-8-3-9-15-21/h19-21H,1-18,23H2. The largest absolute Gasteiger partial charge is 0.325 e. The smallest absolute Gasteiger partial charge is 0.0162 e. The lowest BCUT2D eigenvalue weighted by Crippen LogP contribution is -2.46. The van der Waals surface area contributed by atoms with Gasteiger partial charge >= 0.3 is 0 Å². The van der Waals surface area contributed by atoms with Crippen molar-refractivity contribution in [2.45, 2.75) is 121 Å². The molecule has 0 spiro atoms. The van der Waals surface area contributed by atoms with Crippen LogP contribution in [0.2, 0.25) is 0 Å². The Balaban J connectivity index is 1.59. The summed E-state index contributed by atoms with van der Waals surface area (Å²) in [5.41, 5.74) is 7.36. The fourth-order valence-corrected chi connectivity index (χ4v) is 6.15. The maximum atomic E-state index is 7.19. The SMILES string of the molecule is NC(CC1CCCCC1)(CC1CCCCC1)CC1CCCCC1. The minimum absolute atomic E-state index is 0.173. The highest BCUT2D eigenvalue weighted by atomic mass is 14.7. The van der Waals surface area contributed by atoms with Gasteiger partial charge in [0.15, 0.2) is 0 Å². The highest BCUT2D eigenvalue weighted by Gasteiger charge is 2.35. The third-order valence-electron chi connectivity index (χ3n) is 7.26. The van der Waals surface area contributed by atoms with Crippen LogP contribution >= 0.6 is 0 Å². The highest BCUT2D eigenvalue weighted by Crippen LogP contribution is 2.41. The second-order valence-electron chi connectivity index (χ2n) is 9.49. The highest BCUT2D eigenvalue weighted by molar-refractivity contribution is 4.92. The van der Waals surface area contributed by atoms with E-state index in [0.717, 1.165) is 17.8 Å². The molecular weight excluding hydrogens is 278 g/mol. The van der Waals surface area contributed by atoms with E-state index in [0.29, 0.717) is 0 Å². The molecule has 134 valence electrons. The first kappa shape index (κ1) is 17.8. The number of hydrogen-bond acceptors (Lipinski definition) is 1. The molecule has 1 nitrogen and oxygen atoms in total. The summed E-state index contributed by atoms with van der Waals surface area (Å²) in [6, 6.07) is 0. The molecule has 0 atom stereocenters. The zero-order valence-electron chi connectivity index (χ0n) is 15.5. The van der Waals surface area contributed by atoms with Gasteiger partial charge in [-0.15, -0.1) is 0 Å². The van der Waals surface area contributed by atoms with Crippen LogP contribution in [0.5, 0.6) is 0 Å². The van der Waals surface area contributed by atoms with Gasteiger partial charge in [-0.1, -0.05) is 96.3 Å². The van der Waals surface area contributed by atoms with Crippen molar-refractivity contribution in [2.75, 3.05) is 0 Å². The van der Waals surface area contributed by atoms with Gasteiger partial charge in [-0.25, -0.2) is 0 Å². The maximum Gasteiger partial charge on any atom is 0.0162 e. The molecule has 0 heterocycles. The third-order valence-corrected chi connectivity index (χ3v) is 7.26. The van der Waals surface area contributed by atoms with E-state index in [9.17, 15) is 0 Å². The molecule has 0 aromatic carbocycles. The fraction of sp³-hybridized carbons (Fsp3) is 1.00. The first-order valence-electron chi connectivity index (χ1n) is 11.0. The van der Waals surface area contributed by atoms with Gasteiger partial charge in [-0.2, -0.15) is 0 Å². The first-order valence-corrected chi connectivity index (χ1v) is 11.0. The second-order valence-corrected chi connectivity index (χ2v) is 9.49. The van der Waals surface area contributed by atoms with Crippen LogP contribution < -0.4 is 5.73 Å². The maximum absolute atomic E-state index is 7.19. The number of hydrogen-bond donors (Lipinski definition) is 1. The molecule has 3 aliphatic rings. The lowest BCUT2D eigenvalue weighted by atomic mass is 9.68. The summed E-state index contributed by atoms with van der Waals surface area (Å²) in [4.78, 5) is 0. The molecule has 0 radical (unpaired) electrons. The van der Waals surface area contributed by atoms with Crippen molar-refractivity contribution in [1.29, 1.82) is 0 Å². The molecule has 0 unspecified atom stereocenters. The van der Waals surface area contributed by atoms with E-state index in [1.807, 2.05) is 0 Å². The van der Waals surface area contributed by atoms with Crippen LogP contribution in [0.15, 0.2) is 0 Å². The van der Waals surface area contributed by atoms with E-state index in [1.165, 1.54) is 116 Å². The Kier molecular flexibility index (Phi) is 6.86. The van der Waals surface area contributed by atoms with Gasteiger partial charge in [0.05, 0.1) is 0 Å². The van der Waals surface area contributed by atoms with Gasteiger partial charge in [0.25, 0.3) is 0 Å². The summed E-state index contributed by atoms with van der Waals surface area (Å²) < 4.78 is 0. The van der Waals surface area contributed by atoms with Crippen LogP contribution in [0.25, 0.3) is 0 Å². The summed E-state index contributed by atoms with van der Waals surface area (Å²) >= 11 is 0. The molecule has 3 aliphatic carbocycles. The Labute approximate surface area is 145 Å². The van der Waals surface area contributed by atoms with E-state index in [1.54, 1.807) is 0 Å². The number of nitrogens with two attached hydrogens (primary N) is 1. The molecule has 3 fully saturated rings. The van der Waals surface area contributed by atoms with Crippen LogP contribution in [0, 0.1) is 17.8 Å². The summed E-state index contributed by atoms with van der Waals surface area (Å²) in [5, 5.41) is 0. The molecule has 0 aliphatic heterocycles. The monoisotopic (exact) mass is 319 g/mol. The number of rotatable bonds is 6. The molecule has 23 heavy (non-hydrogen) atoms. The molecule has 3 rings (SSSR count). The lowest BCUT2D eigenvalue weighted by Gasteiger charge is -2.41. The van der Waals surface area contributed by atoms with Crippen LogP contribution in [-0.2, 0) is 0 Å². The van der Waals surface area contributed by atoms with E-state index in [-0.39, 0.29) is 5.54 Å². The predicted molar refractivity (Wildman–Crippen MR) is 100 cm³/mol. The minimum atomic E-state index is 0.173.